The molecule has 3 aliphatic heterocycles. The summed E-state index contributed by atoms with van der Waals surface area (Å²) >= 11 is 0. The average Bonchev–Trinajstić information content (AvgIpc) is 2.70. The second kappa shape index (κ2) is 7.98. The highest BCUT2D eigenvalue weighted by atomic mass is 16.5. The summed E-state index contributed by atoms with van der Waals surface area (Å²) in [7, 11) is 5.75. The van der Waals surface area contributed by atoms with Crippen molar-refractivity contribution in [2.24, 2.45) is 11.8 Å². The Morgan fingerprint density at radius 3 is 2.72 bits per heavy atom. The first-order valence-corrected chi connectivity index (χ1v) is 10.8. The van der Waals surface area contributed by atoms with Gasteiger partial charge in [0.2, 0.25) is 5.91 Å². The zero-order chi connectivity index (χ0) is 20.7. The predicted molar refractivity (Wildman–Crippen MR) is 112 cm³/mol. The third-order valence-electron chi connectivity index (χ3n) is 6.92. The van der Waals surface area contributed by atoms with E-state index in [4.69, 9.17) is 4.74 Å². The molecule has 6 heteroatoms. The lowest BCUT2D eigenvalue weighted by Crippen LogP contribution is -2.67. The van der Waals surface area contributed by atoms with E-state index in [-0.39, 0.29) is 18.0 Å². The monoisotopic (exact) mass is 399 g/mol. The van der Waals surface area contributed by atoms with Crippen LogP contribution in [0.5, 0.6) is 5.75 Å². The van der Waals surface area contributed by atoms with E-state index in [0.29, 0.717) is 42.0 Å². The number of amides is 2. The van der Waals surface area contributed by atoms with E-state index in [1.165, 1.54) is 0 Å². The summed E-state index contributed by atoms with van der Waals surface area (Å²) in [5, 5.41) is 0. The highest BCUT2D eigenvalue weighted by Gasteiger charge is 2.50. The fraction of sp³-hybridized carbons (Fsp3) is 0.652. The highest BCUT2D eigenvalue weighted by molar-refractivity contribution is 5.97. The third-order valence-corrected chi connectivity index (χ3v) is 6.92. The number of fused-ring (bicyclic) bond motifs is 4. The van der Waals surface area contributed by atoms with Crippen LogP contribution in [0.15, 0.2) is 18.2 Å². The summed E-state index contributed by atoms with van der Waals surface area (Å²) in [6.45, 7) is 4.30. The molecule has 4 rings (SSSR count). The number of likely N-dealkylation sites (tertiary alicyclic amines) is 1. The fourth-order valence-corrected chi connectivity index (χ4v) is 5.71. The molecule has 0 radical (unpaired) electrons. The summed E-state index contributed by atoms with van der Waals surface area (Å²) in [6.07, 6.45) is 3.81. The molecule has 0 spiro atoms. The molecule has 0 saturated carbocycles. The number of aryl methyl sites for hydroxylation is 1. The molecular weight excluding hydrogens is 366 g/mol. The molecule has 3 saturated heterocycles. The lowest BCUT2D eigenvalue weighted by atomic mass is 9.71. The summed E-state index contributed by atoms with van der Waals surface area (Å²) in [6, 6.07) is 6.24. The van der Waals surface area contributed by atoms with Gasteiger partial charge in [-0.15, -0.1) is 0 Å². The van der Waals surface area contributed by atoms with Gasteiger partial charge in [0, 0.05) is 38.1 Å². The molecule has 3 fully saturated rings. The number of carbonyl (C=O) groups excluding carboxylic acids is 2. The van der Waals surface area contributed by atoms with E-state index in [9.17, 15) is 9.59 Å². The van der Waals surface area contributed by atoms with Gasteiger partial charge in [0.25, 0.3) is 5.91 Å². The van der Waals surface area contributed by atoms with E-state index >= 15 is 0 Å². The lowest BCUT2D eigenvalue weighted by Gasteiger charge is -2.57. The van der Waals surface area contributed by atoms with Crippen molar-refractivity contribution < 1.29 is 14.3 Å². The van der Waals surface area contributed by atoms with Crippen LogP contribution in [0, 0.1) is 18.8 Å². The number of nitrogens with zero attached hydrogens (tertiary/aromatic N) is 3. The Hall–Kier alpha value is -2.08. The van der Waals surface area contributed by atoms with Crippen LogP contribution in [0.2, 0.25) is 0 Å². The molecule has 158 valence electrons. The topological polar surface area (TPSA) is 53.1 Å². The van der Waals surface area contributed by atoms with E-state index in [2.05, 4.69) is 23.9 Å². The standard InChI is InChI=1S/C23H33N3O3/c1-15-8-9-21(29-4)18(10-15)23(28)25-12-16-11-17(13-25)20(14-24(2)3)26-19(16)6-5-7-22(26)27/h8-10,16-17,19-20H,5-7,11-14H2,1-4H3/t16-,17+,19+,20+/m1/s1. The minimum Gasteiger partial charge on any atom is -0.496 e. The maximum absolute atomic E-state index is 13.5. The van der Waals surface area contributed by atoms with Crippen molar-refractivity contribution >= 4 is 11.8 Å². The summed E-state index contributed by atoms with van der Waals surface area (Å²) < 4.78 is 5.47. The molecule has 6 nitrogen and oxygen atoms in total. The molecule has 29 heavy (non-hydrogen) atoms. The first-order valence-electron chi connectivity index (χ1n) is 10.8. The van der Waals surface area contributed by atoms with Gasteiger partial charge in [-0.3, -0.25) is 9.59 Å². The molecule has 3 aliphatic rings. The first-order chi connectivity index (χ1) is 13.9. The maximum Gasteiger partial charge on any atom is 0.257 e. The molecule has 0 aromatic heterocycles. The Morgan fingerprint density at radius 1 is 1.24 bits per heavy atom. The zero-order valence-corrected chi connectivity index (χ0v) is 18.1. The summed E-state index contributed by atoms with van der Waals surface area (Å²) in [5.41, 5.74) is 1.70. The number of benzene rings is 1. The highest BCUT2D eigenvalue weighted by Crippen LogP contribution is 2.42. The number of piperidine rings is 3. The number of carbonyl (C=O) groups is 2. The average molecular weight is 400 g/mol. The Bertz CT molecular complexity index is 794. The number of methoxy groups -OCH3 is 1. The third kappa shape index (κ3) is 3.75. The minimum absolute atomic E-state index is 0.0550. The number of hydrogen-bond acceptors (Lipinski definition) is 4. The van der Waals surface area contributed by atoms with Gasteiger partial charge < -0.3 is 19.4 Å². The van der Waals surface area contributed by atoms with Gasteiger partial charge in [0.15, 0.2) is 0 Å². The molecule has 1 aromatic carbocycles. The molecule has 1 aromatic rings. The van der Waals surface area contributed by atoms with Gasteiger partial charge in [0.1, 0.15) is 5.75 Å². The second-order valence-corrected chi connectivity index (χ2v) is 9.26. The molecule has 0 aliphatic carbocycles. The van der Waals surface area contributed by atoms with E-state index in [1.54, 1.807) is 7.11 Å². The quantitative estimate of drug-likeness (QED) is 0.780. The van der Waals surface area contributed by atoms with Crippen LogP contribution < -0.4 is 4.74 Å². The molecular formula is C23H33N3O3. The number of rotatable bonds is 4. The van der Waals surface area contributed by atoms with Crippen LogP contribution in [-0.2, 0) is 4.79 Å². The summed E-state index contributed by atoms with van der Waals surface area (Å²) in [4.78, 5) is 32.7. The summed E-state index contributed by atoms with van der Waals surface area (Å²) in [5.74, 6) is 1.70. The Kier molecular flexibility index (Phi) is 5.56. The molecule has 3 heterocycles. The molecule has 2 amide bonds. The molecule has 0 N–H and O–H groups in total. The Morgan fingerprint density at radius 2 is 2.00 bits per heavy atom. The van der Waals surface area contributed by atoms with Crippen LogP contribution in [0.3, 0.4) is 0 Å². The van der Waals surface area contributed by atoms with Crippen LogP contribution in [-0.4, -0.2) is 79.4 Å². The van der Waals surface area contributed by atoms with Crippen molar-refractivity contribution in [3.05, 3.63) is 29.3 Å². The molecule has 0 unspecified atom stereocenters. The SMILES string of the molecule is COc1ccc(C)cc1C(=O)N1C[C@H]2C[C@@H](C1)[C@H](CN(C)C)N1C(=O)CCC[C@@H]21. The van der Waals surface area contributed by atoms with Gasteiger partial charge in [0.05, 0.1) is 12.7 Å². The molecule has 2 bridgehead atoms. The Balaban J connectivity index is 1.63. The van der Waals surface area contributed by atoms with E-state index < -0.39 is 0 Å². The van der Waals surface area contributed by atoms with Crippen molar-refractivity contribution in [1.82, 2.24) is 14.7 Å². The second-order valence-electron chi connectivity index (χ2n) is 9.26. The van der Waals surface area contributed by atoms with Gasteiger partial charge in [-0.25, -0.2) is 0 Å². The predicted octanol–water partition coefficient (Wildman–Crippen LogP) is 2.41. The van der Waals surface area contributed by atoms with Crippen LogP contribution in [0.1, 0.15) is 41.6 Å². The first kappa shape index (κ1) is 20.2. The van der Waals surface area contributed by atoms with E-state index in [1.807, 2.05) is 30.0 Å². The van der Waals surface area contributed by atoms with Crippen molar-refractivity contribution in [3.63, 3.8) is 0 Å². The van der Waals surface area contributed by atoms with Crippen molar-refractivity contribution in [1.29, 1.82) is 0 Å². The van der Waals surface area contributed by atoms with Gasteiger partial charge >= 0.3 is 0 Å². The zero-order valence-electron chi connectivity index (χ0n) is 18.1. The number of hydrogen-bond donors (Lipinski definition) is 0. The maximum atomic E-state index is 13.5. The van der Waals surface area contributed by atoms with Crippen molar-refractivity contribution in [3.8, 4) is 5.75 Å². The van der Waals surface area contributed by atoms with Crippen molar-refractivity contribution in [2.75, 3.05) is 40.8 Å². The van der Waals surface area contributed by atoms with Crippen LogP contribution in [0.25, 0.3) is 0 Å². The largest absolute Gasteiger partial charge is 0.496 e. The van der Waals surface area contributed by atoms with Gasteiger partial charge in [-0.1, -0.05) is 11.6 Å². The van der Waals surface area contributed by atoms with Crippen LogP contribution in [0.4, 0.5) is 0 Å². The smallest absolute Gasteiger partial charge is 0.257 e. The van der Waals surface area contributed by atoms with Crippen molar-refractivity contribution in [2.45, 2.75) is 44.7 Å². The number of likely N-dealkylation sites (N-methyl/N-ethyl adjacent to an activating group) is 1. The van der Waals surface area contributed by atoms with E-state index in [0.717, 1.165) is 37.9 Å². The Labute approximate surface area is 173 Å². The van der Waals surface area contributed by atoms with Gasteiger partial charge in [-0.2, -0.15) is 0 Å². The minimum atomic E-state index is 0.0550. The number of ether oxygens (including phenoxy) is 1. The van der Waals surface area contributed by atoms with Crippen LogP contribution >= 0.6 is 0 Å². The normalized spacial score (nSPS) is 29.1. The molecule has 4 atom stereocenters. The van der Waals surface area contributed by atoms with Gasteiger partial charge in [-0.05, 0) is 64.3 Å². The fourth-order valence-electron chi connectivity index (χ4n) is 5.71. The lowest BCUT2D eigenvalue weighted by molar-refractivity contribution is -0.152.